The Kier molecular flexibility index (Phi) is 5.97. The molecule has 1 N–H and O–H groups in total. The second-order valence-corrected chi connectivity index (χ2v) is 6.59. The summed E-state index contributed by atoms with van der Waals surface area (Å²) in [6.07, 6.45) is -0.597. The Morgan fingerprint density at radius 3 is 2.42 bits per heavy atom. The Morgan fingerprint density at radius 2 is 1.81 bits per heavy atom. The third kappa shape index (κ3) is 5.95. The number of rotatable bonds is 4. The van der Waals surface area contributed by atoms with Crippen molar-refractivity contribution in [2.24, 2.45) is 0 Å². The second-order valence-electron chi connectivity index (χ2n) is 6.59. The maximum absolute atomic E-state index is 12.2. The van der Waals surface area contributed by atoms with Gasteiger partial charge in [0.25, 0.3) is 0 Å². The van der Waals surface area contributed by atoms with Gasteiger partial charge in [0.1, 0.15) is 12.2 Å². The number of amides is 1. The first-order chi connectivity index (χ1) is 12.3. The summed E-state index contributed by atoms with van der Waals surface area (Å²) in [6, 6.07) is 15.2. The number of benzene rings is 2. The van der Waals surface area contributed by atoms with E-state index in [1.807, 2.05) is 6.07 Å². The van der Waals surface area contributed by atoms with E-state index in [0.29, 0.717) is 16.8 Å². The highest BCUT2D eigenvalue weighted by atomic mass is 16.6. The lowest BCUT2D eigenvalue weighted by Gasteiger charge is -2.19. The highest BCUT2D eigenvalue weighted by Crippen LogP contribution is 2.15. The maximum Gasteiger partial charge on any atom is 0.412 e. The van der Waals surface area contributed by atoms with Gasteiger partial charge in [-0.1, -0.05) is 18.2 Å². The summed E-state index contributed by atoms with van der Waals surface area (Å²) in [7, 11) is 0. The number of nitrogens with zero attached hydrogens (tertiary/aromatic N) is 1. The van der Waals surface area contributed by atoms with Crippen LogP contribution in [0.4, 0.5) is 10.5 Å². The number of carbonyl (C=O) groups excluding carboxylic acids is 2. The minimum atomic E-state index is -0.609. The van der Waals surface area contributed by atoms with E-state index in [9.17, 15) is 9.59 Å². The summed E-state index contributed by atoms with van der Waals surface area (Å²) in [5, 5.41) is 11.4. The zero-order valence-electron chi connectivity index (χ0n) is 14.9. The zero-order chi connectivity index (χ0) is 19.2. The molecule has 0 aromatic heterocycles. The molecule has 0 radical (unpaired) electrons. The molecule has 26 heavy (non-hydrogen) atoms. The summed E-state index contributed by atoms with van der Waals surface area (Å²) in [5.41, 5.74) is 1.46. The number of hydrogen-bond donors (Lipinski definition) is 1. The summed E-state index contributed by atoms with van der Waals surface area (Å²) in [5.74, 6) is -0.512. The van der Waals surface area contributed by atoms with Crippen molar-refractivity contribution < 1.29 is 19.1 Å². The van der Waals surface area contributed by atoms with Gasteiger partial charge in [0.05, 0.1) is 17.2 Å². The number of nitriles is 1. The third-order valence-electron chi connectivity index (χ3n) is 3.20. The molecule has 1 amide bonds. The van der Waals surface area contributed by atoms with Gasteiger partial charge >= 0.3 is 12.1 Å². The molecule has 0 aliphatic heterocycles. The van der Waals surface area contributed by atoms with Crippen LogP contribution in [-0.2, 0) is 16.1 Å². The van der Waals surface area contributed by atoms with Crippen molar-refractivity contribution in [3.63, 3.8) is 0 Å². The SMILES string of the molecule is CC(C)(C)OC(=O)Nc1cccc(C(=O)OCc2ccc(C#N)cc2)c1. The van der Waals surface area contributed by atoms with Crippen LogP contribution in [-0.4, -0.2) is 17.7 Å². The van der Waals surface area contributed by atoms with Crippen molar-refractivity contribution in [1.29, 1.82) is 5.26 Å². The van der Waals surface area contributed by atoms with Crippen molar-refractivity contribution in [1.82, 2.24) is 0 Å². The molecule has 0 spiro atoms. The van der Waals surface area contributed by atoms with Gasteiger partial charge in [0.2, 0.25) is 0 Å². The van der Waals surface area contributed by atoms with Crippen molar-refractivity contribution in [3.8, 4) is 6.07 Å². The molecule has 134 valence electrons. The van der Waals surface area contributed by atoms with Gasteiger partial charge in [-0.3, -0.25) is 5.32 Å². The molecule has 0 saturated carbocycles. The minimum absolute atomic E-state index is 0.0915. The molecule has 2 aromatic rings. The van der Waals surface area contributed by atoms with E-state index >= 15 is 0 Å². The van der Waals surface area contributed by atoms with Gasteiger partial charge in [-0.2, -0.15) is 5.26 Å². The predicted octanol–water partition coefficient (Wildman–Crippen LogP) is 4.26. The van der Waals surface area contributed by atoms with Crippen molar-refractivity contribution in [2.75, 3.05) is 5.32 Å². The minimum Gasteiger partial charge on any atom is -0.457 e. The van der Waals surface area contributed by atoms with E-state index in [-0.39, 0.29) is 6.61 Å². The molecular formula is C20H20N2O4. The molecule has 0 aliphatic rings. The number of nitrogens with one attached hydrogen (secondary N) is 1. The standard InChI is InChI=1S/C20H20N2O4/c1-20(2,3)26-19(24)22-17-6-4-5-16(11-17)18(23)25-13-15-9-7-14(12-21)8-10-15/h4-11H,13H2,1-3H3,(H,22,24). The molecule has 0 fully saturated rings. The molecule has 0 bridgehead atoms. The van der Waals surface area contributed by atoms with Gasteiger partial charge in [-0.05, 0) is 56.7 Å². The first-order valence-electron chi connectivity index (χ1n) is 8.03. The topological polar surface area (TPSA) is 88.4 Å². The van der Waals surface area contributed by atoms with Gasteiger partial charge in [0, 0.05) is 5.69 Å². The van der Waals surface area contributed by atoms with Crippen molar-refractivity contribution >= 4 is 17.7 Å². The van der Waals surface area contributed by atoms with Crippen LogP contribution in [0.3, 0.4) is 0 Å². The maximum atomic E-state index is 12.2. The van der Waals surface area contributed by atoms with E-state index in [0.717, 1.165) is 5.56 Å². The van der Waals surface area contributed by atoms with Gasteiger partial charge in [-0.25, -0.2) is 9.59 Å². The summed E-state index contributed by atoms with van der Waals surface area (Å²) < 4.78 is 10.4. The average Bonchev–Trinajstić information content (AvgIpc) is 2.58. The van der Waals surface area contributed by atoms with Gasteiger partial charge < -0.3 is 9.47 Å². The fraction of sp³-hybridized carbons (Fsp3) is 0.250. The van der Waals surface area contributed by atoms with E-state index < -0.39 is 17.7 Å². The predicted molar refractivity (Wildman–Crippen MR) is 96.6 cm³/mol. The van der Waals surface area contributed by atoms with Crippen LogP contribution in [0.2, 0.25) is 0 Å². The van der Waals surface area contributed by atoms with E-state index in [1.54, 1.807) is 63.2 Å². The molecular weight excluding hydrogens is 332 g/mol. The van der Waals surface area contributed by atoms with Crippen LogP contribution < -0.4 is 5.32 Å². The Bertz CT molecular complexity index is 830. The molecule has 2 rings (SSSR count). The third-order valence-corrected chi connectivity index (χ3v) is 3.20. The highest BCUT2D eigenvalue weighted by Gasteiger charge is 2.16. The molecule has 0 saturated heterocycles. The van der Waals surface area contributed by atoms with Crippen LogP contribution in [0.5, 0.6) is 0 Å². The highest BCUT2D eigenvalue weighted by molar-refractivity contribution is 5.92. The van der Waals surface area contributed by atoms with Gasteiger partial charge in [-0.15, -0.1) is 0 Å². The van der Waals surface area contributed by atoms with Crippen LogP contribution in [0.1, 0.15) is 42.3 Å². The fourth-order valence-corrected chi connectivity index (χ4v) is 2.05. The summed E-state index contributed by atoms with van der Waals surface area (Å²) in [4.78, 5) is 24.0. The molecule has 0 atom stereocenters. The number of ether oxygens (including phenoxy) is 2. The smallest absolute Gasteiger partial charge is 0.412 e. The molecule has 6 heteroatoms. The lowest BCUT2D eigenvalue weighted by atomic mass is 10.1. The zero-order valence-corrected chi connectivity index (χ0v) is 14.9. The quantitative estimate of drug-likeness (QED) is 0.831. The summed E-state index contributed by atoms with van der Waals surface area (Å²) in [6.45, 7) is 5.39. The van der Waals surface area contributed by atoms with E-state index in [4.69, 9.17) is 14.7 Å². The Labute approximate surface area is 152 Å². The molecule has 0 heterocycles. The van der Waals surface area contributed by atoms with Crippen molar-refractivity contribution in [3.05, 3.63) is 65.2 Å². The van der Waals surface area contributed by atoms with Crippen LogP contribution in [0.25, 0.3) is 0 Å². The first-order valence-corrected chi connectivity index (χ1v) is 8.03. The Hall–Kier alpha value is -3.33. The number of esters is 1. The van der Waals surface area contributed by atoms with E-state index in [2.05, 4.69) is 5.32 Å². The number of anilines is 1. The van der Waals surface area contributed by atoms with Crippen LogP contribution >= 0.6 is 0 Å². The monoisotopic (exact) mass is 352 g/mol. The van der Waals surface area contributed by atoms with Crippen LogP contribution in [0.15, 0.2) is 48.5 Å². The van der Waals surface area contributed by atoms with E-state index in [1.165, 1.54) is 6.07 Å². The molecule has 2 aromatic carbocycles. The lowest BCUT2D eigenvalue weighted by Crippen LogP contribution is -2.27. The molecule has 0 unspecified atom stereocenters. The molecule has 0 aliphatic carbocycles. The normalized spacial score (nSPS) is 10.5. The van der Waals surface area contributed by atoms with Crippen LogP contribution in [0, 0.1) is 11.3 Å². The number of hydrogen-bond acceptors (Lipinski definition) is 5. The summed E-state index contributed by atoms with van der Waals surface area (Å²) >= 11 is 0. The fourth-order valence-electron chi connectivity index (χ4n) is 2.05. The Morgan fingerprint density at radius 1 is 1.12 bits per heavy atom. The van der Waals surface area contributed by atoms with Crippen molar-refractivity contribution in [2.45, 2.75) is 33.0 Å². The largest absolute Gasteiger partial charge is 0.457 e. The molecule has 6 nitrogen and oxygen atoms in total. The lowest BCUT2D eigenvalue weighted by molar-refractivity contribution is 0.0471. The average molecular weight is 352 g/mol. The second kappa shape index (κ2) is 8.17. The first kappa shape index (κ1) is 19.0. The van der Waals surface area contributed by atoms with Gasteiger partial charge in [0.15, 0.2) is 0 Å². The Balaban J connectivity index is 1.96. The number of carbonyl (C=O) groups is 2.